The van der Waals surface area contributed by atoms with E-state index in [0.29, 0.717) is 16.7 Å². The normalized spacial score (nSPS) is 21.1. The van der Waals surface area contributed by atoms with Crippen molar-refractivity contribution >= 4 is 38.9 Å². The van der Waals surface area contributed by atoms with Crippen LogP contribution in [0.5, 0.6) is 5.75 Å². The summed E-state index contributed by atoms with van der Waals surface area (Å²) in [6.07, 6.45) is -0.557. The van der Waals surface area contributed by atoms with E-state index in [1.165, 1.54) is 35.6 Å². The lowest BCUT2D eigenvalue weighted by Gasteiger charge is -2.34. The summed E-state index contributed by atoms with van der Waals surface area (Å²) in [5.74, 6) is -0.744. The summed E-state index contributed by atoms with van der Waals surface area (Å²) in [5.41, 5.74) is 0. The van der Waals surface area contributed by atoms with Crippen LogP contribution >= 0.6 is 22.9 Å². The first-order chi connectivity index (χ1) is 12.8. The molecule has 1 aromatic carbocycles. The van der Waals surface area contributed by atoms with Gasteiger partial charge in [0.05, 0.1) is 15.3 Å². The van der Waals surface area contributed by atoms with Crippen molar-refractivity contribution in [3.8, 4) is 5.75 Å². The fourth-order valence-electron chi connectivity index (χ4n) is 2.86. The Kier molecular flexibility index (Phi) is 6.07. The topological polar surface area (TPSA) is 104 Å². The van der Waals surface area contributed by atoms with Crippen LogP contribution in [0, 0.1) is 0 Å². The molecule has 0 amide bonds. The van der Waals surface area contributed by atoms with Crippen LogP contribution in [0.4, 0.5) is 0 Å². The van der Waals surface area contributed by atoms with E-state index in [1.54, 1.807) is 6.07 Å². The van der Waals surface area contributed by atoms with Gasteiger partial charge >= 0.3 is 5.97 Å². The van der Waals surface area contributed by atoms with Crippen LogP contribution in [0.15, 0.2) is 41.3 Å². The van der Waals surface area contributed by atoms with Gasteiger partial charge in [0.25, 0.3) is 0 Å². The maximum Gasteiger partial charge on any atom is 0.322 e. The number of aliphatic carboxylic acids is 1. The molecule has 1 aliphatic rings. The van der Waals surface area contributed by atoms with E-state index in [0.717, 1.165) is 9.18 Å². The quantitative estimate of drug-likeness (QED) is 0.728. The van der Waals surface area contributed by atoms with Crippen LogP contribution in [-0.2, 0) is 21.4 Å². The summed E-state index contributed by atoms with van der Waals surface area (Å²) >= 11 is 7.26. The first kappa shape index (κ1) is 20.1. The molecule has 0 spiro atoms. The summed E-state index contributed by atoms with van der Waals surface area (Å²) in [5, 5.41) is 19.1. The standard InChI is InChI=1S/C17H18ClNO6S2/c18-16-8-4-13(26-16)10-25-12-2-5-14(6-3-12)27(23,24)19-9-11(20)1-7-15(19)17(21)22/h2-6,8,11,15,20H,1,7,9-10H2,(H,21,22). The minimum absolute atomic E-state index is 0.0469. The maximum absolute atomic E-state index is 12.8. The molecule has 2 N–H and O–H groups in total. The second-order valence-electron chi connectivity index (χ2n) is 6.13. The van der Waals surface area contributed by atoms with E-state index < -0.39 is 28.1 Å². The minimum Gasteiger partial charge on any atom is -0.488 e. The highest BCUT2D eigenvalue weighted by atomic mass is 35.5. The molecule has 0 bridgehead atoms. The summed E-state index contributed by atoms with van der Waals surface area (Å²) in [6.45, 7) is 0.0690. The number of carbonyl (C=O) groups is 1. The number of β-amino-alcohol motifs (C(OH)–C–C–N with tert-alkyl or cyclic N) is 1. The van der Waals surface area contributed by atoms with Crippen LogP contribution in [0.25, 0.3) is 0 Å². The molecule has 0 saturated carbocycles. The summed E-state index contributed by atoms with van der Waals surface area (Å²) in [7, 11) is -4.05. The van der Waals surface area contributed by atoms with Crippen molar-refractivity contribution in [2.45, 2.75) is 36.5 Å². The molecule has 2 heterocycles. The number of ether oxygens (including phenoxy) is 1. The number of carboxylic acids is 1. The minimum atomic E-state index is -4.05. The smallest absolute Gasteiger partial charge is 0.322 e. The molecule has 1 saturated heterocycles. The molecule has 0 radical (unpaired) electrons. The molecule has 2 unspecified atom stereocenters. The van der Waals surface area contributed by atoms with Gasteiger partial charge in [0.15, 0.2) is 0 Å². The highest BCUT2D eigenvalue weighted by molar-refractivity contribution is 7.89. The second-order valence-corrected chi connectivity index (χ2v) is 9.82. The summed E-state index contributed by atoms with van der Waals surface area (Å²) in [6, 6.07) is 8.19. The maximum atomic E-state index is 12.8. The summed E-state index contributed by atoms with van der Waals surface area (Å²) in [4.78, 5) is 12.3. The van der Waals surface area contributed by atoms with Gasteiger partial charge in [-0.3, -0.25) is 4.79 Å². The molecule has 27 heavy (non-hydrogen) atoms. The third-order valence-corrected chi connectivity index (χ3v) is 7.33. The Morgan fingerprint density at radius 2 is 1.93 bits per heavy atom. The predicted octanol–water partition coefficient (Wildman–Crippen LogP) is 2.58. The predicted molar refractivity (Wildman–Crippen MR) is 101 cm³/mol. The number of aliphatic hydroxyl groups excluding tert-OH is 1. The molecule has 2 aromatic rings. The average Bonchev–Trinajstić information content (AvgIpc) is 3.05. The molecular formula is C17H18ClNO6S2. The molecule has 2 atom stereocenters. The van der Waals surface area contributed by atoms with Crippen LogP contribution in [0.1, 0.15) is 17.7 Å². The van der Waals surface area contributed by atoms with Crippen molar-refractivity contribution in [3.05, 3.63) is 45.6 Å². The van der Waals surface area contributed by atoms with E-state index in [-0.39, 0.29) is 24.3 Å². The van der Waals surface area contributed by atoms with E-state index in [2.05, 4.69) is 0 Å². The second kappa shape index (κ2) is 8.15. The molecule has 7 nitrogen and oxygen atoms in total. The zero-order chi connectivity index (χ0) is 19.6. The van der Waals surface area contributed by atoms with Crippen LogP contribution < -0.4 is 4.74 Å². The number of aliphatic hydroxyl groups is 1. The van der Waals surface area contributed by atoms with E-state index in [9.17, 15) is 23.4 Å². The zero-order valence-electron chi connectivity index (χ0n) is 14.1. The van der Waals surface area contributed by atoms with E-state index in [4.69, 9.17) is 16.3 Å². The molecule has 146 valence electrons. The van der Waals surface area contributed by atoms with Crippen LogP contribution in [0.2, 0.25) is 4.34 Å². The van der Waals surface area contributed by atoms with Crippen LogP contribution in [-0.4, -0.2) is 47.6 Å². The Morgan fingerprint density at radius 3 is 2.52 bits per heavy atom. The average molecular weight is 432 g/mol. The summed E-state index contributed by atoms with van der Waals surface area (Å²) < 4.78 is 32.8. The number of benzene rings is 1. The van der Waals surface area contributed by atoms with Gasteiger partial charge in [-0.2, -0.15) is 4.31 Å². The number of thiophene rings is 1. The van der Waals surface area contributed by atoms with Gasteiger partial charge in [-0.05, 0) is 49.2 Å². The monoisotopic (exact) mass is 431 g/mol. The van der Waals surface area contributed by atoms with E-state index >= 15 is 0 Å². The van der Waals surface area contributed by atoms with Crippen molar-refractivity contribution in [1.29, 1.82) is 0 Å². The fourth-order valence-corrected chi connectivity index (χ4v) is 5.51. The largest absolute Gasteiger partial charge is 0.488 e. The Balaban J connectivity index is 1.75. The van der Waals surface area contributed by atoms with Crippen molar-refractivity contribution < 1.29 is 28.2 Å². The Hall–Kier alpha value is -1.65. The molecule has 10 heteroatoms. The van der Waals surface area contributed by atoms with Gasteiger partial charge in [0.1, 0.15) is 18.4 Å². The number of hydrogen-bond acceptors (Lipinski definition) is 6. The molecule has 1 aliphatic heterocycles. The van der Waals surface area contributed by atoms with Gasteiger partial charge in [-0.25, -0.2) is 8.42 Å². The SMILES string of the molecule is O=C(O)C1CCC(O)CN1S(=O)(=O)c1ccc(OCc2ccc(Cl)s2)cc1. The van der Waals surface area contributed by atoms with Gasteiger partial charge in [-0.15, -0.1) is 11.3 Å². The van der Waals surface area contributed by atoms with Gasteiger partial charge in [0.2, 0.25) is 10.0 Å². The first-order valence-electron chi connectivity index (χ1n) is 8.17. The number of nitrogens with zero attached hydrogens (tertiary/aromatic N) is 1. The number of hydrogen-bond donors (Lipinski definition) is 2. The zero-order valence-corrected chi connectivity index (χ0v) is 16.5. The Bertz CT molecular complexity index is 912. The van der Waals surface area contributed by atoms with Crippen molar-refractivity contribution in [3.63, 3.8) is 0 Å². The third-order valence-electron chi connectivity index (χ3n) is 4.24. The van der Waals surface area contributed by atoms with Crippen molar-refractivity contribution in [2.24, 2.45) is 0 Å². The van der Waals surface area contributed by atoms with Gasteiger partial charge in [0, 0.05) is 11.4 Å². The number of rotatable bonds is 6. The van der Waals surface area contributed by atoms with Crippen molar-refractivity contribution in [1.82, 2.24) is 4.31 Å². The number of halogens is 1. The third kappa shape index (κ3) is 4.61. The molecule has 3 rings (SSSR count). The molecule has 0 aliphatic carbocycles. The van der Waals surface area contributed by atoms with Gasteiger partial charge < -0.3 is 14.9 Å². The number of carboxylic acid groups (broad SMARTS) is 1. The Labute approximate surface area is 165 Å². The number of sulfonamides is 1. The fraction of sp³-hybridized carbons (Fsp3) is 0.353. The highest BCUT2D eigenvalue weighted by Crippen LogP contribution is 2.28. The van der Waals surface area contributed by atoms with Gasteiger partial charge in [-0.1, -0.05) is 11.6 Å². The lowest BCUT2D eigenvalue weighted by Crippen LogP contribution is -2.51. The first-order valence-corrected chi connectivity index (χ1v) is 10.8. The highest BCUT2D eigenvalue weighted by Gasteiger charge is 2.40. The Morgan fingerprint density at radius 1 is 1.22 bits per heavy atom. The van der Waals surface area contributed by atoms with Crippen LogP contribution in [0.3, 0.4) is 0 Å². The molecule has 1 aromatic heterocycles. The lowest BCUT2D eigenvalue weighted by molar-refractivity contribution is -0.143. The van der Waals surface area contributed by atoms with Crippen molar-refractivity contribution in [2.75, 3.05) is 6.54 Å². The number of piperidine rings is 1. The molecule has 1 fully saturated rings. The lowest BCUT2D eigenvalue weighted by atomic mass is 10.0. The molecular weight excluding hydrogens is 414 g/mol. The van der Waals surface area contributed by atoms with E-state index in [1.807, 2.05) is 6.07 Å².